The highest BCUT2D eigenvalue weighted by Gasteiger charge is 2.27. The summed E-state index contributed by atoms with van der Waals surface area (Å²) in [5.41, 5.74) is 1.78. The predicted molar refractivity (Wildman–Crippen MR) is 70.5 cm³/mol. The number of benzene rings is 1. The number of hydrogen-bond donors (Lipinski definition) is 1. The largest absolute Gasteiger partial charge is 0.478 e. The third kappa shape index (κ3) is 2.93. The maximum atomic E-state index is 11.9. The number of fused-ring (bicyclic) bond motifs is 1. The van der Waals surface area contributed by atoms with E-state index < -0.39 is 5.97 Å². The summed E-state index contributed by atoms with van der Waals surface area (Å²) in [6, 6.07) is 4.79. The van der Waals surface area contributed by atoms with E-state index in [4.69, 9.17) is 9.84 Å². The topological polar surface area (TPSA) is 66.8 Å². The molecule has 0 radical (unpaired) electrons. The highest BCUT2D eigenvalue weighted by molar-refractivity contribution is 6.02. The lowest BCUT2D eigenvalue weighted by Crippen LogP contribution is -2.31. The normalized spacial score (nSPS) is 14.1. The van der Waals surface area contributed by atoms with Gasteiger partial charge in [-0.25, -0.2) is 4.79 Å². The zero-order valence-electron chi connectivity index (χ0n) is 11.0. The van der Waals surface area contributed by atoms with Crippen LogP contribution in [-0.2, 0) is 16.0 Å². The van der Waals surface area contributed by atoms with Gasteiger partial charge in [0.2, 0.25) is 5.91 Å². The zero-order chi connectivity index (χ0) is 14.0. The molecule has 0 atom stereocenters. The van der Waals surface area contributed by atoms with Crippen molar-refractivity contribution < 1.29 is 19.4 Å². The predicted octanol–water partition coefficient (Wildman–Crippen LogP) is 1.70. The fourth-order valence-electron chi connectivity index (χ4n) is 2.14. The van der Waals surface area contributed by atoms with E-state index in [1.54, 1.807) is 17.0 Å². The molecule has 0 saturated carbocycles. The second-order valence-electron chi connectivity index (χ2n) is 4.79. The first-order chi connectivity index (χ1) is 8.99. The fraction of sp³-hybridized carbons (Fsp3) is 0.429. The summed E-state index contributed by atoms with van der Waals surface area (Å²) < 4.78 is 5.44. The van der Waals surface area contributed by atoms with Crippen LogP contribution in [0.3, 0.4) is 0 Å². The second-order valence-corrected chi connectivity index (χ2v) is 4.79. The van der Waals surface area contributed by atoms with Gasteiger partial charge in [0.05, 0.1) is 24.7 Å². The van der Waals surface area contributed by atoms with Crippen molar-refractivity contribution in [2.75, 3.05) is 18.1 Å². The molecular weight excluding hydrogens is 246 g/mol. The van der Waals surface area contributed by atoms with E-state index in [9.17, 15) is 9.59 Å². The number of carbonyl (C=O) groups is 2. The van der Waals surface area contributed by atoms with Gasteiger partial charge in [-0.15, -0.1) is 0 Å². The van der Waals surface area contributed by atoms with Crippen LogP contribution in [-0.4, -0.2) is 36.2 Å². The minimum Gasteiger partial charge on any atom is -0.478 e. The van der Waals surface area contributed by atoms with Crippen molar-refractivity contribution in [2.45, 2.75) is 26.4 Å². The molecule has 102 valence electrons. The molecule has 1 amide bonds. The molecule has 5 nitrogen and oxygen atoms in total. The van der Waals surface area contributed by atoms with Crippen LogP contribution in [0.4, 0.5) is 5.69 Å². The number of rotatable bonds is 5. The molecule has 19 heavy (non-hydrogen) atoms. The summed E-state index contributed by atoms with van der Waals surface area (Å²) in [4.78, 5) is 24.5. The summed E-state index contributed by atoms with van der Waals surface area (Å²) in [7, 11) is 0. The number of hydrogen-bond acceptors (Lipinski definition) is 3. The van der Waals surface area contributed by atoms with Crippen LogP contribution in [0.25, 0.3) is 0 Å². The van der Waals surface area contributed by atoms with E-state index in [1.807, 2.05) is 13.8 Å². The lowest BCUT2D eigenvalue weighted by atomic mass is 10.1. The van der Waals surface area contributed by atoms with Crippen LogP contribution in [0.2, 0.25) is 0 Å². The van der Waals surface area contributed by atoms with Crippen LogP contribution in [0.5, 0.6) is 0 Å². The minimum atomic E-state index is -0.975. The van der Waals surface area contributed by atoms with Crippen LogP contribution in [0.1, 0.15) is 29.8 Å². The molecule has 0 saturated heterocycles. The van der Waals surface area contributed by atoms with E-state index in [1.165, 1.54) is 6.07 Å². The number of carboxylic acid groups (broad SMARTS) is 1. The van der Waals surface area contributed by atoms with Crippen molar-refractivity contribution in [3.05, 3.63) is 29.3 Å². The summed E-state index contributed by atoms with van der Waals surface area (Å²) in [6.07, 6.45) is 0.393. The number of anilines is 1. The molecule has 1 aliphatic heterocycles. The Labute approximate surface area is 111 Å². The molecule has 0 fully saturated rings. The van der Waals surface area contributed by atoms with Crippen LogP contribution < -0.4 is 4.90 Å². The van der Waals surface area contributed by atoms with Crippen molar-refractivity contribution >= 4 is 17.6 Å². The van der Waals surface area contributed by atoms with Crippen LogP contribution in [0, 0.1) is 0 Å². The monoisotopic (exact) mass is 263 g/mol. The number of aromatic carboxylic acids is 1. The molecule has 1 aromatic rings. The first-order valence-electron chi connectivity index (χ1n) is 6.27. The minimum absolute atomic E-state index is 0.00936. The Balaban J connectivity index is 2.13. The van der Waals surface area contributed by atoms with E-state index in [0.717, 1.165) is 11.3 Å². The second kappa shape index (κ2) is 5.40. The first kappa shape index (κ1) is 13.5. The number of ether oxygens (including phenoxy) is 1. The third-order valence-corrected chi connectivity index (χ3v) is 3.03. The van der Waals surface area contributed by atoms with Gasteiger partial charge >= 0.3 is 5.97 Å². The number of carbonyl (C=O) groups excluding carboxylic acids is 1. The highest BCUT2D eigenvalue weighted by atomic mass is 16.5. The van der Waals surface area contributed by atoms with E-state index in [0.29, 0.717) is 13.2 Å². The lowest BCUT2D eigenvalue weighted by molar-refractivity contribution is -0.117. The van der Waals surface area contributed by atoms with Gasteiger partial charge in [0.15, 0.2) is 0 Å². The first-order valence-corrected chi connectivity index (χ1v) is 6.27. The third-order valence-electron chi connectivity index (χ3n) is 3.03. The van der Waals surface area contributed by atoms with Crippen LogP contribution in [0.15, 0.2) is 18.2 Å². The quantitative estimate of drug-likeness (QED) is 0.878. The van der Waals surface area contributed by atoms with Crippen molar-refractivity contribution in [1.29, 1.82) is 0 Å². The summed E-state index contributed by atoms with van der Waals surface area (Å²) in [6.45, 7) is 4.86. The van der Waals surface area contributed by atoms with Crippen LogP contribution >= 0.6 is 0 Å². The summed E-state index contributed by atoms with van der Waals surface area (Å²) in [5.74, 6) is -0.985. The Morgan fingerprint density at radius 1 is 1.47 bits per heavy atom. The average molecular weight is 263 g/mol. The molecule has 0 aliphatic carbocycles. The van der Waals surface area contributed by atoms with E-state index in [-0.39, 0.29) is 24.0 Å². The molecule has 0 bridgehead atoms. The zero-order valence-corrected chi connectivity index (χ0v) is 11.0. The van der Waals surface area contributed by atoms with Crippen molar-refractivity contribution in [3.8, 4) is 0 Å². The smallest absolute Gasteiger partial charge is 0.335 e. The van der Waals surface area contributed by atoms with E-state index in [2.05, 4.69) is 0 Å². The van der Waals surface area contributed by atoms with Gasteiger partial charge in [0.1, 0.15) is 0 Å². The number of amides is 1. The molecule has 1 heterocycles. The summed E-state index contributed by atoms with van der Waals surface area (Å²) in [5, 5.41) is 8.93. The average Bonchev–Trinajstić information content (AvgIpc) is 2.64. The molecule has 1 N–H and O–H groups in total. The number of nitrogens with zero attached hydrogens (tertiary/aromatic N) is 1. The molecule has 0 aromatic heterocycles. The molecule has 0 unspecified atom stereocenters. The molecular formula is C14H17NO4. The summed E-state index contributed by atoms with van der Waals surface area (Å²) >= 11 is 0. The highest BCUT2D eigenvalue weighted by Crippen LogP contribution is 2.29. The van der Waals surface area contributed by atoms with Crippen molar-refractivity contribution in [2.24, 2.45) is 0 Å². The van der Waals surface area contributed by atoms with Gasteiger partial charge in [-0.05, 0) is 37.6 Å². The van der Waals surface area contributed by atoms with E-state index >= 15 is 0 Å². The molecule has 1 aromatic carbocycles. The Morgan fingerprint density at radius 2 is 2.21 bits per heavy atom. The molecule has 0 spiro atoms. The Kier molecular flexibility index (Phi) is 3.85. The maximum Gasteiger partial charge on any atom is 0.335 e. The lowest BCUT2D eigenvalue weighted by Gasteiger charge is -2.18. The van der Waals surface area contributed by atoms with Gasteiger partial charge in [-0.1, -0.05) is 0 Å². The SMILES string of the molecule is CC(C)OCCN1C(=O)Cc2cc(C(=O)O)ccc21. The van der Waals surface area contributed by atoms with Gasteiger partial charge in [-0.2, -0.15) is 0 Å². The van der Waals surface area contributed by atoms with Crippen molar-refractivity contribution in [3.63, 3.8) is 0 Å². The van der Waals surface area contributed by atoms with Gasteiger partial charge in [0.25, 0.3) is 0 Å². The Morgan fingerprint density at radius 3 is 2.84 bits per heavy atom. The number of carboxylic acids is 1. The molecule has 5 heteroatoms. The molecule has 2 rings (SSSR count). The fourth-order valence-corrected chi connectivity index (χ4v) is 2.14. The molecule has 1 aliphatic rings. The van der Waals surface area contributed by atoms with Gasteiger partial charge in [-0.3, -0.25) is 4.79 Å². The van der Waals surface area contributed by atoms with Crippen molar-refractivity contribution in [1.82, 2.24) is 0 Å². The standard InChI is InChI=1S/C14H17NO4/c1-9(2)19-6-5-15-12-4-3-10(14(17)18)7-11(12)8-13(15)16/h3-4,7,9H,5-6,8H2,1-2H3,(H,17,18). The Hall–Kier alpha value is -1.88. The van der Waals surface area contributed by atoms with Gasteiger partial charge in [0, 0.05) is 12.2 Å². The van der Waals surface area contributed by atoms with Gasteiger partial charge < -0.3 is 14.7 Å². The maximum absolute atomic E-state index is 11.9. The Bertz CT molecular complexity index is 510.